The SMILES string of the molecule is Cc1cc2nc(-c3ccc(CNC(=O)COc4ccc(C5CCCCC5)cc4)cc3)oc2cc1C. The Morgan fingerprint density at radius 1 is 0.971 bits per heavy atom. The van der Waals surface area contributed by atoms with Crippen molar-refractivity contribution in [3.63, 3.8) is 0 Å². The minimum Gasteiger partial charge on any atom is -0.484 e. The lowest BCUT2D eigenvalue weighted by molar-refractivity contribution is -0.123. The van der Waals surface area contributed by atoms with Gasteiger partial charge in [0.1, 0.15) is 11.3 Å². The molecule has 1 saturated carbocycles. The van der Waals surface area contributed by atoms with Gasteiger partial charge in [-0.1, -0.05) is 43.5 Å². The van der Waals surface area contributed by atoms with E-state index in [2.05, 4.69) is 42.3 Å². The highest BCUT2D eigenvalue weighted by Gasteiger charge is 2.15. The van der Waals surface area contributed by atoms with Gasteiger partial charge in [-0.25, -0.2) is 4.98 Å². The number of oxazole rings is 1. The smallest absolute Gasteiger partial charge is 0.258 e. The summed E-state index contributed by atoms with van der Waals surface area (Å²) in [5, 5.41) is 2.92. The lowest BCUT2D eigenvalue weighted by atomic mass is 9.84. The molecule has 0 saturated heterocycles. The van der Waals surface area contributed by atoms with Gasteiger partial charge in [-0.2, -0.15) is 0 Å². The summed E-state index contributed by atoms with van der Waals surface area (Å²) in [6, 6.07) is 20.2. The Morgan fingerprint density at radius 2 is 1.69 bits per heavy atom. The first-order valence-corrected chi connectivity index (χ1v) is 12.5. The predicted molar refractivity (Wildman–Crippen MR) is 139 cm³/mol. The molecule has 0 spiro atoms. The van der Waals surface area contributed by atoms with Gasteiger partial charge in [0.25, 0.3) is 5.91 Å². The molecule has 1 N–H and O–H groups in total. The van der Waals surface area contributed by atoms with E-state index in [-0.39, 0.29) is 12.5 Å². The molecule has 180 valence electrons. The van der Waals surface area contributed by atoms with Crippen LogP contribution in [-0.2, 0) is 11.3 Å². The molecule has 1 aliphatic carbocycles. The topological polar surface area (TPSA) is 64.4 Å². The molecule has 1 fully saturated rings. The van der Waals surface area contributed by atoms with E-state index in [1.54, 1.807) is 0 Å². The van der Waals surface area contributed by atoms with Crippen LogP contribution in [0, 0.1) is 13.8 Å². The van der Waals surface area contributed by atoms with Crippen LogP contribution < -0.4 is 10.1 Å². The quantitative estimate of drug-likeness (QED) is 0.322. The van der Waals surface area contributed by atoms with Crippen molar-refractivity contribution in [1.82, 2.24) is 10.3 Å². The van der Waals surface area contributed by atoms with Crippen molar-refractivity contribution in [2.45, 2.75) is 58.4 Å². The fraction of sp³-hybridized carbons (Fsp3) is 0.333. The lowest BCUT2D eigenvalue weighted by Crippen LogP contribution is -2.28. The summed E-state index contributed by atoms with van der Waals surface area (Å²) in [5.74, 6) is 1.86. The van der Waals surface area contributed by atoms with Crippen LogP contribution in [0.2, 0.25) is 0 Å². The number of rotatable bonds is 7. The number of aromatic nitrogens is 1. The summed E-state index contributed by atoms with van der Waals surface area (Å²) in [6.07, 6.45) is 6.55. The third-order valence-corrected chi connectivity index (χ3v) is 7.02. The molecule has 0 aliphatic heterocycles. The Balaban J connectivity index is 1.11. The molecule has 35 heavy (non-hydrogen) atoms. The van der Waals surface area contributed by atoms with Crippen molar-refractivity contribution in [2.75, 3.05) is 6.61 Å². The molecule has 5 nitrogen and oxygen atoms in total. The average molecular weight is 469 g/mol. The van der Waals surface area contributed by atoms with Gasteiger partial charge in [0.2, 0.25) is 5.89 Å². The highest BCUT2D eigenvalue weighted by atomic mass is 16.5. The van der Waals surface area contributed by atoms with Gasteiger partial charge in [-0.15, -0.1) is 0 Å². The molecule has 0 unspecified atom stereocenters. The molecule has 1 aromatic heterocycles. The van der Waals surface area contributed by atoms with Gasteiger partial charge < -0.3 is 14.5 Å². The highest BCUT2D eigenvalue weighted by Crippen LogP contribution is 2.33. The van der Waals surface area contributed by atoms with Gasteiger partial charge in [-0.3, -0.25) is 4.79 Å². The molecule has 0 atom stereocenters. The first-order chi connectivity index (χ1) is 17.0. The van der Waals surface area contributed by atoms with Crippen LogP contribution in [0.1, 0.15) is 60.3 Å². The molecule has 1 amide bonds. The third-order valence-electron chi connectivity index (χ3n) is 7.02. The number of carbonyl (C=O) groups is 1. The number of hydrogen-bond acceptors (Lipinski definition) is 4. The van der Waals surface area contributed by atoms with Crippen LogP contribution in [-0.4, -0.2) is 17.5 Å². The van der Waals surface area contributed by atoms with Crippen LogP contribution >= 0.6 is 0 Å². The summed E-state index contributed by atoms with van der Waals surface area (Å²) in [4.78, 5) is 16.9. The van der Waals surface area contributed by atoms with Crippen LogP contribution in [0.3, 0.4) is 0 Å². The second-order valence-electron chi connectivity index (χ2n) is 9.59. The van der Waals surface area contributed by atoms with Crippen molar-refractivity contribution in [1.29, 1.82) is 0 Å². The molecule has 0 radical (unpaired) electrons. The fourth-order valence-corrected chi connectivity index (χ4v) is 4.74. The molecule has 5 rings (SSSR count). The average Bonchev–Trinajstić information content (AvgIpc) is 3.30. The maximum Gasteiger partial charge on any atom is 0.258 e. The van der Waals surface area contributed by atoms with Gasteiger partial charge in [-0.05, 0) is 91.3 Å². The first-order valence-electron chi connectivity index (χ1n) is 12.5. The zero-order chi connectivity index (χ0) is 24.2. The number of fused-ring (bicyclic) bond motifs is 1. The zero-order valence-corrected chi connectivity index (χ0v) is 20.5. The van der Waals surface area contributed by atoms with Crippen LogP contribution in [0.5, 0.6) is 5.75 Å². The molecule has 3 aromatic carbocycles. The van der Waals surface area contributed by atoms with Gasteiger partial charge >= 0.3 is 0 Å². The van der Waals surface area contributed by atoms with E-state index in [1.807, 2.05) is 42.5 Å². The second-order valence-corrected chi connectivity index (χ2v) is 9.59. The minimum absolute atomic E-state index is 0.00258. The highest BCUT2D eigenvalue weighted by molar-refractivity contribution is 5.78. The van der Waals surface area contributed by atoms with E-state index in [1.165, 1.54) is 48.8 Å². The lowest BCUT2D eigenvalue weighted by Gasteiger charge is -2.22. The number of ether oxygens (including phenoxy) is 1. The first kappa shape index (κ1) is 23.2. The number of benzene rings is 3. The molecular formula is C30H32N2O3. The van der Waals surface area contributed by atoms with Crippen molar-refractivity contribution >= 4 is 17.0 Å². The summed E-state index contributed by atoms with van der Waals surface area (Å²) in [7, 11) is 0. The van der Waals surface area contributed by atoms with Crippen molar-refractivity contribution in [3.8, 4) is 17.2 Å². The minimum atomic E-state index is -0.143. The maximum atomic E-state index is 12.3. The summed E-state index contributed by atoms with van der Waals surface area (Å²) >= 11 is 0. The Labute approximate surface area is 206 Å². The summed E-state index contributed by atoms with van der Waals surface area (Å²) < 4.78 is 11.6. The van der Waals surface area contributed by atoms with Crippen molar-refractivity contribution < 1.29 is 13.9 Å². The molecule has 0 bridgehead atoms. The number of nitrogens with one attached hydrogen (secondary N) is 1. The number of hydrogen-bond donors (Lipinski definition) is 1. The summed E-state index contributed by atoms with van der Waals surface area (Å²) in [5.41, 5.74) is 7.34. The van der Waals surface area contributed by atoms with E-state index in [0.29, 0.717) is 18.4 Å². The van der Waals surface area contributed by atoms with Crippen LogP contribution in [0.4, 0.5) is 0 Å². The van der Waals surface area contributed by atoms with Crippen LogP contribution in [0.15, 0.2) is 65.1 Å². The van der Waals surface area contributed by atoms with E-state index < -0.39 is 0 Å². The fourth-order valence-electron chi connectivity index (χ4n) is 4.74. The molecule has 1 heterocycles. The Bertz CT molecular complexity index is 1260. The number of nitrogens with zero attached hydrogens (tertiary/aromatic N) is 1. The third kappa shape index (κ3) is 5.56. The van der Waals surface area contributed by atoms with Crippen molar-refractivity contribution in [3.05, 3.63) is 82.9 Å². The van der Waals surface area contributed by atoms with E-state index >= 15 is 0 Å². The molecular weight excluding hydrogens is 436 g/mol. The predicted octanol–water partition coefficient (Wildman–Crippen LogP) is 6.85. The number of amides is 1. The second kappa shape index (κ2) is 10.3. The largest absolute Gasteiger partial charge is 0.484 e. The molecule has 5 heteroatoms. The maximum absolute atomic E-state index is 12.3. The van der Waals surface area contributed by atoms with Gasteiger partial charge in [0.05, 0.1) is 0 Å². The van der Waals surface area contributed by atoms with E-state index in [0.717, 1.165) is 28.0 Å². The number of aryl methyl sites for hydroxylation is 2. The van der Waals surface area contributed by atoms with Crippen molar-refractivity contribution in [2.24, 2.45) is 0 Å². The van der Waals surface area contributed by atoms with Gasteiger partial charge in [0, 0.05) is 12.1 Å². The van der Waals surface area contributed by atoms with Gasteiger partial charge in [0.15, 0.2) is 12.2 Å². The van der Waals surface area contributed by atoms with Crippen LogP contribution in [0.25, 0.3) is 22.6 Å². The monoisotopic (exact) mass is 468 g/mol. The van der Waals surface area contributed by atoms with E-state index in [9.17, 15) is 4.79 Å². The standard InChI is InChI=1S/C30H32N2O3/c1-20-16-27-28(17-21(20)2)35-30(32-27)25-10-8-22(9-11-25)18-31-29(33)19-34-26-14-12-24(13-15-26)23-6-4-3-5-7-23/h8-17,23H,3-7,18-19H2,1-2H3,(H,31,33). The molecule has 4 aromatic rings. The zero-order valence-electron chi connectivity index (χ0n) is 20.5. The number of carbonyl (C=O) groups excluding carboxylic acids is 1. The molecule has 1 aliphatic rings. The summed E-state index contributed by atoms with van der Waals surface area (Å²) in [6.45, 7) is 4.58. The van der Waals surface area contributed by atoms with E-state index in [4.69, 9.17) is 9.15 Å². The Hall–Kier alpha value is -3.60. The Kier molecular flexibility index (Phi) is 6.84. The Morgan fingerprint density at radius 3 is 2.43 bits per heavy atom. The normalized spacial score (nSPS) is 14.2.